The highest BCUT2D eigenvalue weighted by Gasteiger charge is 2.12. The van der Waals surface area contributed by atoms with E-state index in [2.05, 4.69) is 15.4 Å². The van der Waals surface area contributed by atoms with Gasteiger partial charge in [-0.2, -0.15) is 0 Å². The second-order valence-corrected chi connectivity index (χ2v) is 8.90. The van der Waals surface area contributed by atoms with Crippen molar-refractivity contribution < 1.29 is 13.2 Å². The third kappa shape index (κ3) is 7.38. The van der Waals surface area contributed by atoms with Crippen LogP contribution in [0.5, 0.6) is 0 Å². The van der Waals surface area contributed by atoms with Crippen molar-refractivity contribution in [2.45, 2.75) is 32.2 Å². The molecule has 146 valence electrons. The fraction of sp³-hybridized carbons (Fsp3) is 0.278. The molecule has 0 atom stereocenters. The predicted molar refractivity (Wildman–Crippen MR) is 110 cm³/mol. The molecule has 0 saturated carbocycles. The largest absolute Gasteiger partial charge is 0.336 e. The van der Waals surface area contributed by atoms with E-state index in [4.69, 9.17) is 23.2 Å². The maximum absolute atomic E-state index is 12.2. The highest BCUT2D eigenvalue weighted by atomic mass is 35.5. The average Bonchev–Trinajstić information content (AvgIpc) is 2.57. The summed E-state index contributed by atoms with van der Waals surface area (Å²) in [6, 6.07) is 11.4. The van der Waals surface area contributed by atoms with Crippen molar-refractivity contribution in [1.29, 1.82) is 0 Å². The van der Waals surface area contributed by atoms with Crippen LogP contribution >= 0.6 is 23.2 Å². The lowest BCUT2D eigenvalue weighted by atomic mass is 10.2. The Kier molecular flexibility index (Phi) is 7.49. The van der Waals surface area contributed by atoms with Gasteiger partial charge in [-0.15, -0.1) is 0 Å². The molecule has 2 amide bonds. The van der Waals surface area contributed by atoms with Crippen LogP contribution < -0.4 is 15.4 Å². The molecule has 3 N–H and O–H groups in total. The minimum absolute atomic E-state index is 0.0363. The molecule has 6 nitrogen and oxygen atoms in total. The molecule has 0 heterocycles. The zero-order valence-corrected chi connectivity index (χ0v) is 17.3. The molecule has 0 saturated heterocycles. The average molecular weight is 430 g/mol. The van der Waals surface area contributed by atoms with Crippen LogP contribution in [0.1, 0.15) is 25.0 Å². The van der Waals surface area contributed by atoms with Crippen LogP contribution in [0.25, 0.3) is 0 Å². The zero-order chi connectivity index (χ0) is 20.0. The lowest BCUT2D eigenvalue weighted by Gasteiger charge is -2.11. The summed E-state index contributed by atoms with van der Waals surface area (Å²) in [5.41, 5.74) is 1.94. The number of carbonyl (C=O) groups excluding carboxylic acids is 1. The molecule has 2 aromatic carbocycles. The SMILES string of the molecule is CC(C)NC(=O)Nc1ccc(CNS(=O)(=O)Cc2ccc(Cl)c(Cl)c2)cc1. The number of anilines is 1. The lowest BCUT2D eigenvalue weighted by molar-refractivity contribution is 0.250. The number of amides is 2. The molecule has 2 aromatic rings. The Morgan fingerprint density at radius 2 is 1.63 bits per heavy atom. The minimum Gasteiger partial charge on any atom is -0.336 e. The molecule has 27 heavy (non-hydrogen) atoms. The first-order valence-corrected chi connectivity index (χ1v) is 10.6. The standard InChI is InChI=1S/C18H21Cl2N3O3S/c1-12(2)22-18(24)23-15-6-3-13(4-7-15)10-21-27(25,26)11-14-5-8-16(19)17(20)9-14/h3-9,12,21H,10-11H2,1-2H3,(H2,22,23,24). The van der Waals surface area contributed by atoms with Gasteiger partial charge in [-0.1, -0.05) is 41.4 Å². The summed E-state index contributed by atoms with van der Waals surface area (Å²) in [6.45, 7) is 3.88. The normalized spacial score (nSPS) is 11.4. The maximum Gasteiger partial charge on any atom is 0.319 e. The third-order valence-corrected chi connectivity index (χ3v) is 5.51. The van der Waals surface area contributed by atoms with Crippen molar-refractivity contribution in [3.63, 3.8) is 0 Å². The number of rotatable bonds is 7. The molecule has 0 aliphatic carbocycles. The Bertz CT molecular complexity index is 901. The molecule has 0 spiro atoms. The number of nitrogens with one attached hydrogen (secondary N) is 3. The second-order valence-electron chi connectivity index (χ2n) is 6.28. The highest BCUT2D eigenvalue weighted by molar-refractivity contribution is 7.88. The summed E-state index contributed by atoms with van der Waals surface area (Å²) < 4.78 is 27.0. The van der Waals surface area contributed by atoms with E-state index in [1.807, 2.05) is 13.8 Å². The number of hydrogen-bond acceptors (Lipinski definition) is 3. The first-order chi connectivity index (χ1) is 12.6. The van der Waals surface area contributed by atoms with Crippen LogP contribution in [0.4, 0.5) is 10.5 Å². The monoisotopic (exact) mass is 429 g/mol. The fourth-order valence-electron chi connectivity index (χ4n) is 2.23. The summed E-state index contributed by atoms with van der Waals surface area (Å²) in [5.74, 6) is -0.196. The van der Waals surface area contributed by atoms with E-state index in [0.717, 1.165) is 5.56 Å². The predicted octanol–water partition coefficient (Wildman–Crippen LogP) is 4.14. The lowest BCUT2D eigenvalue weighted by Crippen LogP contribution is -2.34. The van der Waals surface area contributed by atoms with E-state index in [1.165, 1.54) is 6.07 Å². The molecule has 0 unspecified atom stereocenters. The topological polar surface area (TPSA) is 87.3 Å². The van der Waals surface area contributed by atoms with Crippen molar-refractivity contribution in [3.8, 4) is 0 Å². The first kappa shape index (κ1) is 21.5. The summed E-state index contributed by atoms with van der Waals surface area (Å²) in [7, 11) is -3.54. The Balaban J connectivity index is 1.91. The van der Waals surface area contributed by atoms with E-state index >= 15 is 0 Å². The molecule has 9 heteroatoms. The second kappa shape index (κ2) is 9.41. The van der Waals surface area contributed by atoms with E-state index in [0.29, 0.717) is 21.3 Å². The Labute approximate surface area is 169 Å². The van der Waals surface area contributed by atoms with Crippen LogP contribution in [0.2, 0.25) is 10.0 Å². The van der Waals surface area contributed by atoms with Gasteiger partial charge in [0.05, 0.1) is 15.8 Å². The smallest absolute Gasteiger partial charge is 0.319 e. The molecule has 0 aliphatic heterocycles. The van der Waals surface area contributed by atoms with Crippen LogP contribution in [0, 0.1) is 0 Å². The summed E-state index contributed by atoms with van der Waals surface area (Å²) in [5, 5.41) is 6.12. The first-order valence-electron chi connectivity index (χ1n) is 8.22. The van der Waals surface area contributed by atoms with Crippen molar-refractivity contribution in [2.75, 3.05) is 5.32 Å². The van der Waals surface area contributed by atoms with Crippen LogP contribution in [0.3, 0.4) is 0 Å². The Hall–Kier alpha value is -1.80. The number of carbonyl (C=O) groups is 1. The van der Waals surface area contributed by atoms with Gasteiger partial charge < -0.3 is 10.6 Å². The van der Waals surface area contributed by atoms with E-state index in [1.54, 1.807) is 36.4 Å². The van der Waals surface area contributed by atoms with Gasteiger partial charge in [0.2, 0.25) is 10.0 Å². The minimum atomic E-state index is -3.54. The van der Waals surface area contributed by atoms with Crippen molar-refractivity contribution >= 4 is 44.9 Å². The van der Waals surface area contributed by atoms with E-state index < -0.39 is 10.0 Å². The van der Waals surface area contributed by atoms with Crippen LogP contribution in [0.15, 0.2) is 42.5 Å². The van der Waals surface area contributed by atoms with Crippen LogP contribution in [-0.2, 0) is 22.3 Å². The Morgan fingerprint density at radius 1 is 1.00 bits per heavy atom. The van der Waals surface area contributed by atoms with Crippen LogP contribution in [-0.4, -0.2) is 20.5 Å². The quantitative estimate of drug-likeness (QED) is 0.617. The molecular weight excluding hydrogens is 409 g/mol. The van der Waals surface area contributed by atoms with E-state index in [9.17, 15) is 13.2 Å². The van der Waals surface area contributed by atoms with Gasteiger partial charge in [-0.3, -0.25) is 0 Å². The number of benzene rings is 2. The van der Waals surface area contributed by atoms with Gasteiger partial charge in [0, 0.05) is 18.3 Å². The highest BCUT2D eigenvalue weighted by Crippen LogP contribution is 2.23. The van der Waals surface area contributed by atoms with E-state index in [-0.39, 0.29) is 24.4 Å². The number of hydrogen-bond donors (Lipinski definition) is 3. The van der Waals surface area contributed by atoms with Gasteiger partial charge in [-0.25, -0.2) is 17.9 Å². The van der Waals surface area contributed by atoms with Crippen molar-refractivity contribution in [2.24, 2.45) is 0 Å². The Morgan fingerprint density at radius 3 is 2.22 bits per heavy atom. The molecular formula is C18H21Cl2N3O3S. The summed E-state index contributed by atoms with van der Waals surface area (Å²) in [6.07, 6.45) is 0. The van der Waals surface area contributed by atoms with Crippen molar-refractivity contribution in [3.05, 3.63) is 63.6 Å². The van der Waals surface area contributed by atoms with Crippen molar-refractivity contribution in [1.82, 2.24) is 10.0 Å². The third-order valence-electron chi connectivity index (χ3n) is 3.47. The van der Waals surface area contributed by atoms with Gasteiger partial charge in [0.25, 0.3) is 0 Å². The van der Waals surface area contributed by atoms with Gasteiger partial charge in [0.1, 0.15) is 0 Å². The maximum atomic E-state index is 12.2. The number of sulfonamides is 1. The molecule has 0 fully saturated rings. The molecule has 0 radical (unpaired) electrons. The molecule has 0 bridgehead atoms. The number of halogens is 2. The summed E-state index contributed by atoms with van der Waals surface area (Å²) in [4.78, 5) is 11.7. The summed E-state index contributed by atoms with van der Waals surface area (Å²) >= 11 is 11.7. The molecule has 2 rings (SSSR count). The number of urea groups is 1. The fourth-order valence-corrected chi connectivity index (χ4v) is 3.66. The van der Waals surface area contributed by atoms with Gasteiger partial charge >= 0.3 is 6.03 Å². The van der Waals surface area contributed by atoms with Gasteiger partial charge in [-0.05, 0) is 49.2 Å². The molecule has 0 aliphatic rings. The zero-order valence-electron chi connectivity index (χ0n) is 14.9. The molecule has 0 aromatic heterocycles. The van der Waals surface area contributed by atoms with Gasteiger partial charge in [0.15, 0.2) is 0 Å².